The third kappa shape index (κ3) is 5.14. The van der Waals surface area contributed by atoms with Gasteiger partial charge in [-0.3, -0.25) is 0 Å². The third-order valence-corrected chi connectivity index (χ3v) is 7.08. The Balaban J connectivity index is 1.50. The van der Waals surface area contributed by atoms with Crippen LogP contribution in [0.15, 0.2) is 12.7 Å². The standard InChI is InChI=1S/C17H27BClN6O6P/c18-32(27)28-7-10-12(31-32)13(30-17(26)21-6-4-2-1-3-5-20)16(29-10)25-9-24-11-14(19)22-8-23-15(11)25/h8-10,12-13,16,27,32H,1-7,18,20H2,(H,21,26)/t10-,12+,13+,16-/m1/s1. The molecule has 2 aliphatic heterocycles. The summed E-state index contributed by atoms with van der Waals surface area (Å²) in [5.41, 5.74) is 6.31. The Kier molecular flexibility index (Phi) is 7.45. The molecule has 4 heterocycles. The number of carbonyl (C=O) groups excluding carboxylic acids is 1. The zero-order chi connectivity index (χ0) is 22.7. The van der Waals surface area contributed by atoms with Gasteiger partial charge >= 0.3 is 185 Å². The maximum absolute atomic E-state index is 12.5. The fourth-order valence-corrected chi connectivity index (χ4v) is 5.35. The van der Waals surface area contributed by atoms with Gasteiger partial charge in [0.25, 0.3) is 0 Å². The van der Waals surface area contributed by atoms with E-state index in [0.29, 0.717) is 24.3 Å². The predicted octanol–water partition coefficient (Wildman–Crippen LogP) is 0.442. The SMILES string of the molecule is B[PH]1(O)OC[C@H]2O[C@@H](n3cnc4c(Cl)ncnc43)[C@@H](OC(=O)NCCCCCCN)[C@H]2O1. The molecule has 4 rings (SSSR count). The van der Waals surface area contributed by atoms with Crippen molar-refractivity contribution >= 4 is 44.2 Å². The maximum atomic E-state index is 12.5. The molecule has 2 fully saturated rings. The predicted molar refractivity (Wildman–Crippen MR) is 120 cm³/mol. The first-order valence-electron chi connectivity index (χ1n) is 10.6. The van der Waals surface area contributed by atoms with Crippen molar-refractivity contribution in [1.29, 1.82) is 0 Å². The summed E-state index contributed by atoms with van der Waals surface area (Å²) in [7, 11) is -1.86. The summed E-state index contributed by atoms with van der Waals surface area (Å²) in [5, 5.41) is 2.96. The van der Waals surface area contributed by atoms with Gasteiger partial charge in [0.1, 0.15) is 0 Å². The van der Waals surface area contributed by atoms with Crippen molar-refractivity contribution in [2.24, 2.45) is 5.73 Å². The molecule has 0 spiro atoms. The Bertz CT molecular complexity index is 953. The van der Waals surface area contributed by atoms with E-state index in [1.165, 1.54) is 20.2 Å². The van der Waals surface area contributed by atoms with Crippen LogP contribution in [-0.4, -0.2) is 76.1 Å². The van der Waals surface area contributed by atoms with Gasteiger partial charge in [-0.2, -0.15) is 0 Å². The molecule has 0 aliphatic carbocycles. The second-order valence-electron chi connectivity index (χ2n) is 7.84. The number of nitrogens with two attached hydrogens (primary N) is 1. The van der Waals surface area contributed by atoms with Crippen molar-refractivity contribution in [2.75, 3.05) is 19.7 Å². The van der Waals surface area contributed by atoms with Gasteiger partial charge in [0.15, 0.2) is 0 Å². The monoisotopic (exact) mass is 488 g/mol. The average molecular weight is 489 g/mol. The Morgan fingerprint density at radius 2 is 2.19 bits per heavy atom. The number of amides is 1. The fourth-order valence-electron chi connectivity index (χ4n) is 3.85. The number of rotatable bonds is 8. The number of hydrogen-bond donors (Lipinski definition) is 3. The van der Waals surface area contributed by atoms with Crippen LogP contribution in [0.4, 0.5) is 4.79 Å². The van der Waals surface area contributed by atoms with Crippen LogP contribution in [0.5, 0.6) is 0 Å². The van der Waals surface area contributed by atoms with E-state index in [4.69, 9.17) is 35.9 Å². The number of nitrogens with one attached hydrogen (secondary N) is 1. The molecule has 0 saturated carbocycles. The zero-order valence-electron chi connectivity index (χ0n) is 17.6. The molecule has 15 heteroatoms. The molecule has 0 bridgehead atoms. The molecule has 12 nitrogen and oxygen atoms in total. The number of halogens is 1. The van der Waals surface area contributed by atoms with E-state index < -0.39 is 38.5 Å². The number of nitrogens with zero attached hydrogens (tertiary/aromatic N) is 4. The first kappa shape index (κ1) is 23.6. The molecule has 1 amide bonds. The molecule has 2 aromatic heterocycles. The van der Waals surface area contributed by atoms with Crippen LogP contribution in [0.25, 0.3) is 11.2 Å². The molecule has 2 aromatic rings. The van der Waals surface area contributed by atoms with Crippen molar-refractivity contribution in [3.8, 4) is 0 Å². The summed E-state index contributed by atoms with van der Waals surface area (Å²) in [5.74, 6) is 0. The number of unbranched alkanes of at least 4 members (excludes halogenated alkanes) is 3. The quantitative estimate of drug-likeness (QED) is 0.206. The van der Waals surface area contributed by atoms with E-state index in [-0.39, 0.29) is 11.8 Å². The van der Waals surface area contributed by atoms with Crippen LogP contribution >= 0.6 is 19.4 Å². The molecule has 0 unspecified atom stereocenters. The summed E-state index contributed by atoms with van der Waals surface area (Å²) < 4.78 is 24.7. The summed E-state index contributed by atoms with van der Waals surface area (Å²) in [6.07, 6.45) is 3.05. The summed E-state index contributed by atoms with van der Waals surface area (Å²) in [6, 6.07) is 0. The van der Waals surface area contributed by atoms with Crippen molar-refractivity contribution in [2.45, 2.75) is 50.2 Å². The van der Waals surface area contributed by atoms with Crippen LogP contribution in [-0.2, 0) is 18.5 Å². The van der Waals surface area contributed by atoms with Crippen LogP contribution in [0.2, 0.25) is 5.15 Å². The van der Waals surface area contributed by atoms with Crippen molar-refractivity contribution < 1.29 is 28.2 Å². The Labute approximate surface area is 191 Å². The summed E-state index contributed by atoms with van der Waals surface area (Å²) >= 11 is 6.12. The normalized spacial score (nSPS) is 27.7. The average Bonchev–Trinajstić information content (AvgIpc) is 3.32. The Morgan fingerprint density at radius 3 is 3.00 bits per heavy atom. The van der Waals surface area contributed by atoms with Gasteiger partial charge in [-0.25, -0.2) is 0 Å². The van der Waals surface area contributed by atoms with E-state index in [1.54, 1.807) is 4.57 Å². The van der Waals surface area contributed by atoms with Crippen molar-refractivity contribution in [3.63, 3.8) is 0 Å². The fraction of sp³-hybridized carbons (Fsp3) is 0.647. The molecule has 32 heavy (non-hydrogen) atoms. The van der Waals surface area contributed by atoms with Crippen LogP contribution in [0, 0.1) is 0 Å². The number of ether oxygens (including phenoxy) is 2. The molecular formula is C17H27BClN6O6P. The summed E-state index contributed by atoms with van der Waals surface area (Å²) in [6.45, 7) is 1.26. The number of carbonyl (C=O) groups is 1. The van der Waals surface area contributed by atoms with Gasteiger partial charge in [0.2, 0.25) is 0 Å². The molecule has 2 saturated heterocycles. The molecule has 0 radical (unpaired) electrons. The Morgan fingerprint density at radius 1 is 1.38 bits per heavy atom. The van der Waals surface area contributed by atoms with E-state index in [2.05, 4.69) is 20.3 Å². The second kappa shape index (κ2) is 10.1. The molecular weight excluding hydrogens is 461 g/mol. The van der Waals surface area contributed by atoms with Crippen molar-refractivity contribution in [1.82, 2.24) is 24.8 Å². The number of imidazole rings is 1. The topological polar surface area (TPSA) is 156 Å². The number of hydrogen-bond acceptors (Lipinski definition) is 10. The molecule has 176 valence electrons. The van der Waals surface area contributed by atoms with Crippen LogP contribution in [0.3, 0.4) is 0 Å². The minimum atomic E-state index is -3.36. The minimum absolute atomic E-state index is 0.116. The van der Waals surface area contributed by atoms with Gasteiger partial charge < -0.3 is 5.73 Å². The van der Waals surface area contributed by atoms with E-state index in [9.17, 15) is 9.69 Å². The first-order valence-corrected chi connectivity index (χ1v) is 13.2. The molecule has 2 aliphatic rings. The van der Waals surface area contributed by atoms with E-state index in [0.717, 1.165) is 25.7 Å². The van der Waals surface area contributed by atoms with Gasteiger partial charge in [0, 0.05) is 0 Å². The van der Waals surface area contributed by atoms with Gasteiger partial charge in [-0.15, -0.1) is 0 Å². The van der Waals surface area contributed by atoms with Gasteiger partial charge in [0.05, 0.1) is 0 Å². The molecule has 0 aromatic carbocycles. The number of aromatic nitrogens is 4. The number of alkyl carbamates (subject to hydrolysis) is 1. The zero-order valence-corrected chi connectivity index (χ0v) is 19.4. The second-order valence-corrected chi connectivity index (χ2v) is 10.5. The van der Waals surface area contributed by atoms with Crippen LogP contribution < -0.4 is 11.1 Å². The van der Waals surface area contributed by atoms with Crippen molar-refractivity contribution in [3.05, 3.63) is 17.8 Å². The first-order chi connectivity index (χ1) is 15.4. The van der Waals surface area contributed by atoms with E-state index in [1.807, 2.05) is 0 Å². The van der Waals surface area contributed by atoms with E-state index >= 15 is 0 Å². The van der Waals surface area contributed by atoms with Gasteiger partial charge in [-0.1, -0.05) is 0 Å². The Hall–Kier alpha value is -1.60. The number of fused-ring (bicyclic) bond motifs is 2. The summed E-state index contributed by atoms with van der Waals surface area (Å²) in [4.78, 5) is 35.3. The van der Waals surface area contributed by atoms with Crippen LogP contribution in [0.1, 0.15) is 31.9 Å². The molecule has 4 N–H and O–H groups in total. The third-order valence-electron chi connectivity index (χ3n) is 5.39. The molecule has 4 atom stereocenters. The van der Waals surface area contributed by atoms with Gasteiger partial charge in [-0.05, 0) is 0 Å².